The molecular weight excluding hydrogens is 309 g/mol. The number of ether oxygens (including phenoxy) is 1. The van der Waals surface area contributed by atoms with Gasteiger partial charge >= 0.3 is 0 Å². The fourth-order valence-corrected chi connectivity index (χ4v) is 4.43. The summed E-state index contributed by atoms with van der Waals surface area (Å²) in [6.07, 6.45) is 6.37. The molecule has 2 unspecified atom stereocenters. The standard InChI is InChI=1S/C16H21Cl2NO2/c1-2-21-14-9-13(16(14)5-3-4-6-16)19-10-7-11(17)15(20)12(18)8-10/h7-8,13-14,19-20H,2-6,9H2,1H3. The molecule has 116 valence electrons. The molecule has 0 aliphatic heterocycles. The molecule has 0 bridgehead atoms. The van der Waals surface area contributed by atoms with Crippen molar-refractivity contribution in [3.8, 4) is 5.75 Å². The first-order valence-electron chi connectivity index (χ1n) is 7.63. The van der Waals surface area contributed by atoms with Gasteiger partial charge in [-0.15, -0.1) is 0 Å². The van der Waals surface area contributed by atoms with Crippen LogP contribution in [0.15, 0.2) is 12.1 Å². The minimum Gasteiger partial charge on any atom is -0.505 e. The Labute approximate surface area is 135 Å². The highest BCUT2D eigenvalue weighted by molar-refractivity contribution is 6.37. The fraction of sp³-hybridized carbons (Fsp3) is 0.625. The van der Waals surface area contributed by atoms with Crippen LogP contribution < -0.4 is 5.32 Å². The average Bonchev–Trinajstić information content (AvgIpc) is 2.96. The monoisotopic (exact) mass is 329 g/mol. The third kappa shape index (κ3) is 2.60. The van der Waals surface area contributed by atoms with Crippen molar-refractivity contribution >= 4 is 28.9 Å². The van der Waals surface area contributed by atoms with Gasteiger partial charge in [0.2, 0.25) is 0 Å². The highest BCUT2D eigenvalue weighted by atomic mass is 35.5. The normalized spacial score (nSPS) is 26.8. The van der Waals surface area contributed by atoms with Crippen molar-refractivity contribution in [2.75, 3.05) is 11.9 Å². The van der Waals surface area contributed by atoms with Crippen molar-refractivity contribution < 1.29 is 9.84 Å². The van der Waals surface area contributed by atoms with Gasteiger partial charge in [-0.3, -0.25) is 0 Å². The van der Waals surface area contributed by atoms with Crippen molar-refractivity contribution in [1.82, 2.24) is 0 Å². The van der Waals surface area contributed by atoms with Crippen molar-refractivity contribution in [3.05, 3.63) is 22.2 Å². The number of phenolic OH excluding ortho intramolecular Hbond substituents is 1. The summed E-state index contributed by atoms with van der Waals surface area (Å²) in [6, 6.07) is 3.87. The van der Waals surface area contributed by atoms with Gasteiger partial charge in [0.05, 0.1) is 16.1 Å². The lowest BCUT2D eigenvalue weighted by Crippen LogP contribution is -2.60. The Morgan fingerprint density at radius 1 is 1.29 bits per heavy atom. The minimum absolute atomic E-state index is 0.0553. The van der Waals surface area contributed by atoms with Crippen LogP contribution in [0.5, 0.6) is 5.75 Å². The first-order valence-corrected chi connectivity index (χ1v) is 8.38. The second kappa shape index (κ2) is 5.86. The van der Waals surface area contributed by atoms with Gasteiger partial charge in [0.1, 0.15) is 0 Å². The number of halogens is 2. The first kappa shape index (κ1) is 15.3. The van der Waals surface area contributed by atoms with E-state index in [9.17, 15) is 5.11 Å². The Kier molecular flexibility index (Phi) is 4.26. The molecule has 1 spiro atoms. The summed E-state index contributed by atoms with van der Waals surface area (Å²) in [5.41, 5.74) is 1.13. The van der Waals surface area contributed by atoms with Crippen LogP contribution in [0.3, 0.4) is 0 Å². The maximum atomic E-state index is 9.64. The van der Waals surface area contributed by atoms with Crippen molar-refractivity contribution in [2.45, 2.75) is 51.2 Å². The van der Waals surface area contributed by atoms with Crippen LogP contribution in [-0.4, -0.2) is 23.9 Å². The summed E-state index contributed by atoms with van der Waals surface area (Å²) in [7, 11) is 0. The number of anilines is 1. The Balaban J connectivity index is 1.76. The first-order chi connectivity index (χ1) is 10.1. The molecule has 0 radical (unpaired) electrons. The highest BCUT2D eigenvalue weighted by Crippen LogP contribution is 2.55. The molecule has 21 heavy (non-hydrogen) atoms. The van der Waals surface area contributed by atoms with Gasteiger partial charge < -0.3 is 15.2 Å². The number of nitrogens with one attached hydrogen (secondary N) is 1. The molecular formula is C16H21Cl2NO2. The number of hydrogen-bond acceptors (Lipinski definition) is 3. The molecule has 3 rings (SSSR count). The zero-order chi connectivity index (χ0) is 15.0. The summed E-state index contributed by atoms with van der Waals surface area (Å²) in [5.74, 6) is -0.0553. The number of hydrogen-bond donors (Lipinski definition) is 2. The molecule has 2 aliphatic carbocycles. The maximum Gasteiger partial charge on any atom is 0.152 e. The van der Waals surface area contributed by atoms with Gasteiger partial charge in [-0.25, -0.2) is 0 Å². The molecule has 1 aromatic carbocycles. The van der Waals surface area contributed by atoms with Crippen molar-refractivity contribution in [2.24, 2.45) is 5.41 Å². The van der Waals surface area contributed by atoms with Gasteiger partial charge in [0.25, 0.3) is 0 Å². The molecule has 0 saturated heterocycles. The molecule has 2 N–H and O–H groups in total. The predicted octanol–water partition coefficient (Wildman–Crippen LogP) is 4.85. The smallest absolute Gasteiger partial charge is 0.152 e. The van der Waals surface area contributed by atoms with E-state index in [2.05, 4.69) is 12.2 Å². The molecule has 0 aromatic heterocycles. The average molecular weight is 330 g/mol. The lowest BCUT2D eigenvalue weighted by Gasteiger charge is -2.54. The lowest BCUT2D eigenvalue weighted by molar-refractivity contribution is -0.114. The Morgan fingerprint density at radius 2 is 1.90 bits per heavy atom. The van der Waals surface area contributed by atoms with E-state index in [4.69, 9.17) is 27.9 Å². The Hall–Kier alpha value is -0.640. The third-order valence-corrected chi connectivity index (χ3v) is 5.62. The van der Waals surface area contributed by atoms with Gasteiger partial charge in [-0.05, 0) is 38.3 Å². The van der Waals surface area contributed by atoms with Crippen molar-refractivity contribution in [1.29, 1.82) is 0 Å². The molecule has 2 aliphatic rings. The zero-order valence-electron chi connectivity index (χ0n) is 12.2. The van der Waals surface area contributed by atoms with E-state index in [-0.39, 0.29) is 21.2 Å². The van der Waals surface area contributed by atoms with Crippen LogP contribution >= 0.6 is 23.2 Å². The second-order valence-corrected chi connectivity index (χ2v) is 6.92. The molecule has 2 atom stereocenters. The van der Waals surface area contributed by atoms with E-state index in [1.165, 1.54) is 25.7 Å². The van der Waals surface area contributed by atoms with E-state index >= 15 is 0 Å². The molecule has 1 aromatic rings. The summed E-state index contributed by atoms with van der Waals surface area (Å²) in [5, 5.41) is 13.8. The lowest BCUT2D eigenvalue weighted by atomic mass is 9.60. The summed E-state index contributed by atoms with van der Waals surface area (Å²) in [6.45, 7) is 2.83. The van der Waals surface area contributed by atoms with Crippen LogP contribution in [-0.2, 0) is 4.74 Å². The maximum absolute atomic E-state index is 9.64. The summed E-state index contributed by atoms with van der Waals surface area (Å²) in [4.78, 5) is 0. The zero-order valence-corrected chi connectivity index (χ0v) is 13.7. The topological polar surface area (TPSA) is 41.5 Å². The van der Waals surface area contributed by atoms with E-state index in [0.29, 0.717) is 12.1 Å². The van der Waals surface area contributed by atoms with Crippen LogP contribution in [0, 0.1) is 5.41 Å². The van der Waals surface area contributed by atoms with E-state index in [0.717, 1.165) is 18.7 Å². The van der Waals surface area contributed by atoms with E-state index in [1.54, 1.807) is 12.1 Å². The molecule has 0 amide bonds. The van der Waals surface area contributed by atoms with Crippen LogP contribution in [0.25, 0.3) is 0 Å². The van der Waals surface area contributed by atoms with Gasteiger partial charge in [-0.2, -0.15) is 0 Å². The number of aromatic hydroxyl groups is 1. The third-order valence-electron chi connectivity index (χ3n) is 5.05. The predicted molar refractivity (Wildman–Crippen MR) is 86.5 cm³/mol. The van der Waals surface area contributed by atoms with Crippen molar-refractivity contribution in [3.63, 3.8) is 0 Å². The van der Waals surface area contributed by atoms with Crippen LogP contribution in [0.4, 0.5) is 5.69 Å². The highest BCUT2D eigenvalue weighted by Gasteiger charge is 2.56. The summed E-state index contributed by atoms with van der Waals surface area (Å²) < 4.78 is 5.92. The van der Waals surface area contributed by atoms with Crippen LogP contribution in [0.1, 0.15) is 39.0 Å². The largest absolute Gasteiger partial charge is 0.505 e. The number of rotatable bonds is 4. The fourth-order valence-electron chi connectivity index (χ4n) is 3.94. The van der Waals surface area contributed by atoms with Gasteiger partial charge in [0, 0.05) is 23.8 Å². The Morgan fingerprint density at radius 3 is 2.48 bits per heavy atom. The number of phenols is 1. The Bertz CT molecular complexity index is 506. The molecule has 5 heteroatoms. The van der Waals surface area contributed by atoms with Crippen LogP contribution in [0.2, 0.25) is 10.0 Å². The van der Waals surface area contributed by atoms with Gasteiger partial charge in [0.15, 0.2) is 5.75 Å². The molecule has 3 nitrogen and oxygen atoms in total. The summed E-state index contributed by atoms with van der Waals surface area (Å²) >= 11 is 12.0. The van der Waals surface area contributed by atoms with E-state index < -0.39 is 0 Å². The van der Waals surface area contributed by atoms with E-state index in [1.807, 2.05) is 0 Å². The number of benzene rings is 1. The second-order valence-electron chi connectivity index (χ2n) is 6.11. The SMILES string of the molecule is CCOC1CC(Nc2cc(Cl)c(O)c(Cl)c2)C12CCCC2. The quantitative estimate of drug-likeness (QED) is 0.776. The van der Waals surface area contributed by atoms with Gasteiger partial charge in [-0.1, -0.05) is 36.0 Å². The minimum atomic E-state index is -0.0553. The molecule has 0 heterocycles. The molecule has 2 fully saturated rings. The molecule has 2 saturated carbocycles.